The van der Waals surface area contributed by atoms with Gasteiger partial charge in [-0.3, -0.25) is 10.1 Å². The number of aromatic nitrogens is 3. The van der Waals surface area contributed by atoms with Crippen molar-refractivity contribution in [3.05, 3.63) is 167 Å². The van der Waals surface area contributed by atoms with Crippen molar-refractivity contribution in [1.82, 2.24) is 15.2 Å². The second-order valence-corrected chi connectivity index (χ2v) is 15.3. The lowest BCUT2D eigenvalue weighted by molar-refractivity contribution is 0.481. The molecule has 1 aliphatic carbocycles. The molecule has 0 unspecified atom stereocenters. The first-order valence-electron chi connectivity index (χ1n) is 17.1. The number of pyridine rings is 1. The molecule has 5 aromatic carbocycles. The summed E-state index contributed by atoms with van der Waals surface area (Å²) in [4.78, 5) is 5.08. The fourth-order valence-corrected chi connectivity index (χ4v) is 7.41. The van der Waals surface area contributed by atoms with Gasteiger partial charge >= 0.3 is 0 Å². The standard InChI is InChI=1S/C45H41N3O/c1-43(2,3)30-20-22-38-36(27-30)37-28-31(44(4,5)6)21-23-39(37)45(38,41-19-9-10-24-46-41)32-14-12-16-34(26-32)49-33-15-11-13-29(25-33)42-35-17-7-8-18-40(35)47-48-42/h7-28H,1-6H3,(H,47,48). The maximum atomic E-state index is 6.66. The lowest BCUT2D eigenvalue weighted by Crippen LogP contribution is -2.30. The maximum absolute atomic E-state index is 6.66. The molecule has 242 valence electrons. The van der Waals surface area contributed by atoms with E-state index in [1.165, 1.54) is 33.4 Å². The number of hydrogen-bond acceptors (Lipinski definition) is 3. The molecule has 49 heavy (non-hydrogen) atoms. The molecule has 0 atom stereocenters. The highest BCUT2D eigenvalue weighted by Crippen LogP contribution is 2.57. The number of ether oxygens (including phenoxy) is 1. The third-order valence-corrected chi connectivity index (χ3v) is 10.00. The van der Waals surface area contributed by atoms with E-state index >= 15 is 0 Å². The third kappa shape index (κ3) is 5.14. The summed E-state index contributed by atoms with van der Waals surface area (Å²) >= 11 is 0. The second kappa shape index (κ2) is 11.3. The topological polar surface area (TPSA) is 50.8 Å². The van der Waals surface area contributed by atoms with Crippen LogP contribution >= 0.6 is 0 Å². The zero-order chi connectivity index (χ0) is 34.0. The molecule has 4 nitrogen and oxygen atoms in total. The third-order valence-electron chi connectivity index (χ3n) is 10.00. The number of nitrogens with zero attached hydrogens (tertiary/aromatic N) is 2. The zero-order valence-electron chi connectivity index (χ0n) is 29.0. The van der Waals surface area contributed by atoms with Gasteiger partial charge in [-0.1, -0.05) is 126 Å². The molecular formula is C45H41N3O. The molecule has 4 heteroatoms. The normalized spacial score (nSPS) is 13.7. The van der Waals surface area contributed by atoms with Crippen molar-refractivity contribution in [1.29, 1.82) is 0 Å². The van der Waals surface area contributed by atoms with Gasteiger partial charge in [-0.05, 0) is 92.2 Å². The molecule has 0 bridgehead atoms. The zero-order valence-corrected chi connectivity index (χ0v) is 29.0. The van der Waals surface area contributed by atoms with E-state index in [4.69, 9.17) is 9.72 Å². The van der Waals surface area contributed by atoms with Crippen LogP contribution in [0.5, 0.6) is 11.5 Å². The van der Waals surface area contributed by atoms with Crippen molar-refractivity contribution < 1.29 is 4.74 Å². The Kier molecular flexibility index (Phi) is 7.11. The Morgan fingerprint density at radius 1 is 0.592 bits per heavy atom. The lowest BCUT2D eigenvalue weighted by Gasteiger charge is -2.33. The summed E-state index contributed by atoms with van der Waals surface area (Å²) in [6, 6.07) is 45.3. The minimum atomic E-state index is -0.631. The number of nitrogens with one attached hydrogen (secondary N) is 1. The molecule has 8 rings (SSSR count). The van der Waals surface area contributed by atoms with Crippen molar-refractivity contribution in [2.45, 2.75) is 57.8 Å². The summed E-state index contributed by atoms with van der Waals surface area (Å²) in [5.41, 5.74) is 12.1. The largest absolute Gasteiger partial charge is 0.457 e. The van der Waals surface area contributed by atoms with Gasteiger partial charge in [0.2, 0.25) is 0 Å². The number of H-pyrrole nitrogens is 1. The minimum absolute atomic E-state index is 0.0115. The van der Waals surface area contributed by atoms with Crippen LogP contribution in [0.15, 0.2) is 134 Å². The molecule has 0 fully saturated rings. The highest BCUT2D eigenvalue weighted by molar-refractivity contribution is 5.93. The van der Waals surface area contributed by atoms with Gasteiger partial charge in [0.1, 0.15) is 17.2 Å². The summed E-state index contributed by atoms with van der Waals surface area (Å²) in [5, 5.41) is 8.86. The van der Waals surface area contributed by atoms with E-state index in [-0.39, 0.29) is 10.8 Å². The highest BCUT2D eigenvalue weighted by Gasteiger charge is 2.48. The van der Waals surface area contributed by atoms with Crippen LogP contribution in [0.3, 0.4) is 0 Å². The smallest absolute Gasteiger partial charge is 0.128 e. The fraction of sp³-hybridized carbons (Fsp3) is 0.200. The van der Waals surface area contributed by atoms with Crippen LogP contribution in [-0.4, -0.2) is 15.2 Å². The van der Waals surface area contributed by atoms with Gasteiger partial charge in [-0.2, -0.15) is 5.10 Å². The van der Waals surface area contributed by atoms with Gasteiger partial charge in [0, 0.05) is 17.1 Å². The van der Waals surface area contributed by atoms with Crippen molar-refractivity contribution >= 4 is 10.9 Å². The maximum Gasteiger partial charge on any atom is 0.128 e. The molecule has 0 amide bonds. The highest BCUT2D eigenvalue weighted by atomic mass is 16.5. The summed E-state index contributed by atoms with van der Waals surface area (Å²) in [7, 11) is 0. The lowest BCUT2D eigenvalue weighted by atomic mass is 9.69. The van der Waals surface area contributed by atoms with Crippen molar-refractivity contribution in [2.24, 2.45) is 0 Å². The molecule has 0 aliphatic heterocycles. The molecule has 1 N–H and O–H groups in total. The Balaban J connectivity index is 1.30. The minimum Gasteiger partial charge on any atom is -0.457 e. The van der Waals surface area contributed by atoms with Gasteiger partial charge in [0.25, 0.3) is 0 Å². The SMILES string of the molecule is CC(C)(C)c1ccc2c(c1)-c1cc(C(C)(C)C)ccc1C2(c1cccc(Oc2cccc(-c3n[nH]c4ccccc34)c2)c1)c1ccccn1. The fourth-order valence-electron chi connectivity index (χ4n) is 7.41. The molecule has 2 heterocycles. The van der Waals surface area contributed by atoms with Crippen LogP contribution in [0.2, 0.25) is 0 Å². The Morgan fingerprint density at radius 2 is 1.22 bits per heavy atom. The summed E-state index contributed by atoms with van der Waals surface area (Å²) in [6.07, 6.45) is 1.91. The predicted molar refractivity (Wildman–Crippen MR) is 201 cm³/mol. The number of benzene rings is 5. The van der Waals surface area contributed by atoms with Gasteiger partial charge in [-0.25, -0.2) is 0 Å². The Hall–Kier alpha value is -5.48. The van der Waals surface area contributed by atoms with Gasteiger partial charge in [0.15, 0.2) is 0 Å². The quantitative estimate of drug-likeness (QED) is 0.204. The summed E-state index contributed by atoms with van der Waals surface area (Å²) in [6.45, 7) is 13.7. The average Bonchev–Trinajstić information content (AvgIpc) is 3.65. The first kappa shape index (κ1) is 30.8. The van der Waals surface area contributed by atoms with Crippen molar-refractivity contribution in [2.75, 3.05) is 0 Å². The Labute approximate surface area is 288 Å². The molecule has 0 saturated carbocycles. The van der Waals surface area contributed by atoms with Crippen LogP contribution in [0.4, 0.5) is 0 Å². The van der Waals surface area contributed by atoms with Crippen LogP contribution in [0.25, 0.3) is 33.3 Å². The summed E-state index contributed by atoms with van der Waals surface area (Å²) in [5.74, 6) is 1.52. The van der Waals surface area contributed by atoms with Crippen LogP contribution < -0.4 is 4.74 Å². The Morgan fingerprint density at radius 3 is 1.88 bits per heavy atom. The van der Waals surface area contributed by atoms with E-state index in [0.717, 1.165) is 44.9 Å². The Bertz CT molecular complexity index is 2270. The van der Waals surface area contributed by atoms with Gasteiger partial charge in [-0.15, -0.1) is 0 Å². The molecular weight excluding hydrogens is 599 g/mol. The number of aromatic amines is 1. The van der Waals surface area contributed by atoms with Gasteiger partial charge < -0.3 is 4.74 Å². The van der Waals surface area contributed by atoms with E-state index in [0.29, 0.717) is 0 Å². The molecule has 2 aromatic heterocycles. The number of rotatable bonds is 5. The van der Waals surface area contributed by atoms with E-state index < -0.39 is 5.41 Å². The summed E-state index contributed by atoms with van der Waals surface area (Å²) < 4.78 is 6.66. The number of fused-ring (bicyclic) bond motifs is 4. The molecule has 1 aliphatic rings. The first-order chi connectivity index (χ1) is 23.5. The van der Waals surface area contributed by atoms with Crippen LogP contribution in [-0.2, 0) is 16.2 Å². The van der Waals surface area contributed by atoms with E-state index in [2.05, 4.69) is 137 Å². The number of hydrogen-bond donors (Lipinski definition) is 1. The molecule has 0 saturated heterocycles. The monoisotopic (exact) mass is 639 g/mol. The van der Waals surface area contributed by atoms with E-state index in [1.54, 1.807) is 0 Å². The van der Waals surface area contributed by atoms with E-state index in [9.17, 15) is 0 Å². The predicted octanol–water partition coefficient (Wildman–Crippen LogP) is 11.4. The van der Waals surface area contributed by atoms with Crippen molar-refractivity contribution in [3.8, 4) is 33.9 Å². The number of para-hydroxylation sites is 1. The first-order valence-corrected chi connectivity index (χ1v) is 17.1. The molecule has 0 spiro atoms. The van der Waals surface area contributed by atoms with Crippen molar-refractivity contribution in [3.63, 3.8) is 0 Å². The second-order valence-electron chi connectivity index (χ2n) is 15.3. The van der Waals surface area contributed by atoms with Crippen LogP contribution in [0, 0.1) is 0 Å². The van der Waals surface area contributed by atoms with Gasteiger partial charge in [0.05, 0.1) is 16.6 Å². The molecule has 7 aromatic rings. The molecule has 0 radical (unpaired) electrons. The average molecular weight is 640 g/mol. The van der Waals surface area contributed by atoms with E-state index in [1.807, 2.05) is 48.7 Å². The van der Waals surface area contributed by atoms with Crippen LogP contribution in [0.1, 0.15) is 75.1 Å².